The molecule has 1 aromatic rings. The molecule has 2 nitrogen and oxygen atoms in total. The number of aryl methyl sites for hydroxylation is 1. The van der Waals surface area contributed by atoms with Crippen LogP contribution < -0.4 is 5.73 Å². The Labute approximate surface area is 86.5 Å². The van der Waals surface area contributed by atoms with E-state index in [9.17, 15) is 0 Å². The van der Waals surface area contributed by atoms with Gasteiger partial charge in [0, 0.05) is 11.9 Å². The maximum Gasteiger partial charge on any atom is 0.0409 e. The van der Waals surface area contributed by atoms with E-state index >= 15 is 0 Å². The zero-order valence-electron chi connectivity index (χ0n) is 9.38. The highest BCUT2D eigenvalue weighted by atomic mass is 14.7. The number of hydrogen-bond acceptors (Lipinski definition) is 2. The molecule has 0 amide bonds. The van der Waals surface area contributed by atoms with Gasteiger partial charge in [0.2, 0.25) is 0 Å². The predicted molar refractivity (Wildman–Crippen MR) is 60.2 cm³/mol. The molecule has 14 heavy (non-hydrogen) atoms. The minimum absolute atomic E-state index is 0.154. The lowest BCUT2D eigenvalue weighted by Gasteiger charge is -2.21. The lowest BCUT2D eigenvalue weighted by atomic mass is 9.88. The van der Waals surface area contributed by atoms with Gasteiger partial charge in [0.1, 0.15) is 0 Å². The highest BCUT2D eigenvalue weighted by Crippen LogP contribution is 2.18. The smallest absolute Gasteiger partial charge is 0.0409 e. The molecule has 78 valence electrons. The van der Waals surface area contributed by atoms with Crippen LogP contribution >= 0.6 is 0 Å². The van der Waals surface area contributed by atoms with E-state index in [4.69, 9.17) is 5.73 Å². The molecule has 0 saturated carbocycles. The molecule has 2 N–H and O–H groups in total. The Morgan fingerprint density at radius 3 is 2.50 bits per heavy atom. The minimum atomic E-state index is 0.154. The second-order valence-corrected chi connectivity index (χ2v) is 4.56. The molecule has 0 radical (unpaired) electrons. The van der Waals surface area contributed by atoms with Gasteiger partial charge < -0.3 is 5.73 Å². The van der Waals surface area contributed by atoms with Crippen molar-refractivity contribution in [3.63, 3.8) is 0 Å². The van der Waals surface area contributed by atoms with E-state index in [2.05, 4.69) is 37.9 Å². The van der Waals surface area contributed by atoms with Crippen molar-refractivity contribution < 1.29 is 0 Å². The van der Waals surface area contributed by atoms with Gasteiger partial charge in [-0.2, -0.15) is 0 Å². The summed E-state index contributed by atoms with van der Waals surface area (Å²) in [6, 6.07) is 4.26. The van der Waals surface area contributed by atoms with E-state index in [1.165, 1.54) is 5.56 Å². The maximum absolute atomic E-state index is 5.68. The van der Waals surface area contributed by atoms with Gasteiger partial charge in [-0.25, -0.2) is 0 Å². The van der Waals surface area contributed by atoms with Crippen LogP contribution in [0.3, 0.4) is 0 Å². The third-order valence-corrected chi connectivity index (χ3v) is 2.51. The first-order valence-corrected chi connectivity index (χ1v) is 5.21. The quantitative estimate of drug-likeness (QED) is 0.794. The normalized spacial score (nSPS) is 11.7. The van der Waals surface area contributed by atoms with Gasteiger partial charge in [-0.15, -0.1) is 0 Å². The average molecular weight is 192 g/mol. The zero-order chi connectivity index (χ0) is 10.6. The van der Waals surface area contributed by atoms with Crippen LogP contribution in [-0.4, -0.2) is 11.5 Å². The molecule has 0 aliphatic rings. The third kappa shape index (κ3) is 3.11. The zero-order valence-corrected chi connectivity index (χ0v) is 9.38. The first-order valence-electron chi connectivity index (χ1n) is 5.21. The van der Waals surface area contributed by atoms with Crippen LogP contribution in [0.5, 0.6) is 0 Å². The van der Waals surface area contributed by atoms with E-state index in [1.54, 1.807) is 0 Å². The SMILES string of the molecule is CCc1ccc(CC(C)(C)CN)nc1. The molecule has 2 heteroatoms. The molecule has 0 spiro atoms. The summed E-state index contributed by atoms with van der Waals surface area (Å²) in [7, 11) is 0. The van der Waals surface area contributed by atoms with Gasteiger partial charge in [0.05, 0.1) is 0 Å². The average Bonchev–Trinajstić information content (AvgIpc) is 2.19. The summed E-state index contributed by atoms with van der Waals surface area (Å²) in [5.41, 5.74) is 8.26. The molecule has 1 heterocycles. The minimum Gasteiger partial charge on any atom is -0.330 e. The predicted octanol–water partition coefficient (Wildman–Crippen LogP) is 2.17. The van der Waals surface area contributed by atoms with Crippen molar-refractivity contribution in [3.8, 4) is 0 Å². The number of nitrogens with zero attached hydrogens (tertiary/aromatic N) is 1. The summed E-state index contributed by atoms with van der Waals surface area (Å²) in [5, 5.41) is 0. The fourth-order valence-corrected chi connectivity index (χ4v) is 1.33. The Morgan fingerprint density at radius 1 is 1.36 bits per heavy atom. The highest BCUT2D eigenvalue weighted by Gasteiger charge is 2.16. The summed E-state index contributed by atoms with van der Waals surface area (Å²) in [4.78, 5) is 4.43. The van der Waals surface area contributed by atoms with Crippen LogP contribution in [0.2, 0.25) is 0 Å². The number of nitrogens with two attached hydrogens (primary N) is 1. The van der Waals surface area contributed by atoms with Crippen molar-refractivity contribution in [1.29, 1.82) is 0 Å². The molecule has 0 aliphatic carbocycles. The molecule has 0 atom stereocenters. The lowest BCUT2D eigenvalue weighted by Crippen LogP contribution is -2.26. The molecule has 0 aliphatic heterocycles. The third-order valence-electron chi connectivity index (χ3n) is 2.51. The molecule has 0 fully saturated rings. The summed E-state index contributed by atoms with van der Waals surface area (Å²) < 4.78 is 0. The second kappa shape index (κ2) is 4.56. The van der Waals surface area contributed by atoms with Crippen LogP contribution in [0.1, 0.15) is 32.0 Å². The Morgan fingerprint density at radius 2 is 2.07 bits per heavy atom. The van der Waals surface area contributed by atoms with E-state index in [0.717, 1.165) is 18.5 Å². The van der Waals surface area contributed by atoms with Crippen molar-refractivity contribution in [1.82, 2.24) is 4.98 Å². The molecule has 0 saturated heterocycles. The Bertz CT molecular complexity index is 275. The van der Waals surface area contributed by atoms with E-state index in [-0.39, 0.29) is 5.41 Å². The van der Waals surface area contributed by atoms with Crippen molar-refractivity contribution in [2.24, 2.45) is 11.1 Å². The number of hydrogen-bond donors (Lipinski definition) is 1. The van der Waals surface area contributed by atoms with Crippen LogP contribution in [0.4, 0.5) is 0 Å². The highest BCUT2D eigenvalue weighted by molar-refractivity contribution is 5.14. The summed E-state index contributed by atoms with van der Waals surface area (Å²) in [5.74, 6) is 0. The Balaban J connectivity index is 2.69. The van der Waals surface area contributed by atoms with Gasteiger partial charge in [0.25, 0.3) is 0 Å². The second-order valence-electron chi connectivity index (χ2n) is 4.56. The number of rotatable bonds is 4. The maximum atomic E-state index is 5.68. The van der Waals surface area contributed by atoms with Crippen molar-refractivity contribution in [2.45, 2.75) is 33.6 Å². The molecule has 0 aromatic carbocycles. The number of pyridine rings is 1. The van der Waals surface area contributed by atoms with Crippen LogP contribution in [0.15, 0.2) is 18.3 Å². The molecular formula is C12H20N2. The van der Waals surface area contributed by atoms with Gasteiger partial charge >= 0.3 is 0 Å². The topological polar surface area (TPSA) is 38.9 Å². The monoisotopic (exact) mass is 192 g/mol. The van der Waals surface area contributed by atoms with Crippen molar-refractivity contribution >= 4 is 0 Å². The first-order chi connectivity index (χ1) is 6.57. The van der Waals surface area contributed by atoms with E-state index in [1.807, 2.05) is 6.20 Å². The van der Waals surface area contributed by atoms with E-state index in [0.29, 0.717) is 6.54 Å². The van der Waals surface area contributed by atoms with Crippen molar-refractivity contribution in [3.05, 3.63) is 29.6 Å². The standard InChI is InChI=1S/C12H20N2/c1-4-10-5-6-11(14-8-10)7-12(2,3)9-13/h5-6,8H,4,7,9,13H2,1-3H3. The molecule has 1 rings (SSSR count). The molecule has 0 bridgehead atoms. The van der Waals surface area contributed by atoms with E-state index < -0.39 is 0 Å². The summed E-state index contributed by atoms with van der Waals surface area (Å²) in [6.07, 6.45) is 3.96. The van der Waals surface area contributed by atoms with Gasteiger partial charge in [-0.1, -0.05) is 26.8 Å². The first kappa shape index (κ1) is 11.2. The van der Waals surface area contributed by atoms with Crippen molar-refractivity contribution in [2.75, 3.05) is 6.54 Å². The summed E-state index contributed by atoms with van der Waals surface area (Å²) in [6.45, 7) is 7.18. The Kier molecular flexibility index (Phi) is 3.64. The summed E-state index contributed by atoms with van der Waals surface area (Å²) >= 11 is 0. The van der Waals surface area contributed by atoms with Crippen LogP contribution in [0, 0.1) is 5.41 Å². The van der Waals surface area contributed by atoms with Crippen LogP contribution in [0.25, 0.3) is 0 Å². The molecular weight excluding hydrogens is 172 g/mol. The molecule has 1 aromatic heterocycles. The lowest BCUT2D eigenvalue weighted by molar-refractivity contribution is 0.372. The molecule has 0 unspecified atom stereocenters. The largest absolute Gasteiger partial charge is 0.330 e. The van der Waals surface area contributed by atoms with Gasteiger partial charge in [-0.3, -0.25) is 4.98 Å². The van der Waals surface area contributed by atoms with Gasteiger partial charge in [0.15, 0.2) is 0 Å². The fraction of sp³-hybridized carbons (Fsp3) is 0.583. The van der Waals surface area contributed by atoms with Gasteiger partial charge in [-0.05, 0) is 36.4 Å². The Hall–Kier alpha value is -0.890. The van der Waals surface area contributed by atoms with Crippen LogP contribution in [-0.2, 0) is 12.8 Å². The fourth-order valence-electron chi connectivity index (χ4n) is 1.33. The number of aromatic nitrogens is 1.